The van der Waals surface area contributed by atoms with E-state index in [0.717, 1.165) is 6.54 Å². The van der Waals surface area contributed by atoms with Crippen LogP contribution in [0.15, 0.2) is 12.3 Å². The second-order valence-electron chi connectivity index (χ2n) is 2.33. The summed E-state index contributed by atoms with van der Waals surface area (Å²) in [6.45, 7) is 4.45. The van der Waals surface area contributed by atoms with Crippen molar-refractivity contribution in [2.75, 3.05) is 13.1 Å². The zero-order valence-corrected chi connectivity index (χ0v) is 5.93. The van der Waals surface area contributed by atoms with E-state index in [9.17, 15) is 0 Å². The summed E-state index contributed by atoms with van der Waals surface area (Å²) in [5.41, 5.74) is 3.14. The fourth-order valence-corrected chi connectivity index (χ4v) is 0.896. The molecular weight excluding hydrogens is 112 g/mol. The maximum atomic E-state index is 3.14. The van der Waals surface area contributed by atoms with Crippen molar-refractivity contribution in [1.29, 1.82) is 0 Å². The average Bonchev–Trinajstić information content (AvgIpc) is 2.34. The molecule has 1 N–H and O–H groups in total. The predicted octanol–water partition coefficient (Wildman–Crippen LogP) is 1.12. The molecule has 0 spiro atoms. The van der Waals surface area contributed by atoms with Crippen molar-refractivity contribution >= 4 is 0 Å². The van der Waals surface area contributed by atoms with Crippen LogP contribution >= 0.6 is 0 Å². The molecule has 0 atom stereocenters. The minimum atomic E-state index is 1.07. The van der Waals surface area contributed by atoms with Gasteiger partial charge in [0.1, 0.15) is 0 Å². The van der Waals surface area contributed by atoms with Gasteiger partial charge in [-0.05, 0) is 6.42 Å². The number of hydrazine groups is 1. The number of rotatable bonds is 3. The van der Waals surface area contributed by atoms with Crippen molar-refractivity contribution in [3.63, 3.8) is 0 Å². The van der Waals surface area contributed by atoms with E-state index >= 15 is 0 Å². The highest BCUT2D eigenvalue weighted by Gasteiger charge is 2.01. The zero-order valence-electron chi connectivity index (χ0n) is 5.93. The van der Waals surface area contributed by atoms with Crippen LogP contribution in [0.25, 0.3) is 0 Å². The Balaban J connectivity index is 2.01. The van der Waals surface area contributed by atoms with Crippen LogP contribution in [-0.2, 0) is 0 Å². The zero-order chi connectivity index (χ0) is 6.53. The summed E-state index contributed by atoms with van der Waals surface area (Å²) in [4.78, 5) is 0. The molecule has 0 unspecified atom stereocenters. The fourth-order valence-electron chi connectivity index (χ4n) is 0.896. The van der Waals surface area contributed by atoms with Crippen LogP contribution in [0.5, 0.6) is 0 Å². The van der Waals surface area contributed by atoms with E-state index in [1.165, 1.54) is 19.4 Å². The smallest absolute Gasteiger partial charge is 0.0376 e. The summed E-state index contributed by atoms with van der Waals surface area (Å²) in [5.74, 6) is 0. The third-order valence-corrected chi connectivity index (χ3v) is 1.48. The van der Waals surface area contributed by atoms with Gasteiger partial charge in [0.2, 0.25) is 0 Å². The lowest BCUT2D eigenvalue weighted by molar-refractivity contribution is 0.262. The van der Waals surface area contributed by atoms with Crippen molar-refractivity contribution in [3.8, 4) is 0 Å². The van der Waals surface area contributed by atoms with Crippen molar-refractivity contribution in [2.45, 2.75) is 19.8 Å². The fraction of sp³-hybridized carbons (Fsp3) is 0.714. The molecule has 0 radical (unpaired) electrons. The van der Waals surface area contributed by atoms with Crippen LogP contribution in [-0.4, -0.2) is 18.1 Å². The van der Waals surface area contributed by atoms with Gasteiger partial charge in [-0.1, -0.05) is 19.4 Å². The molecule has 9 heavy (non-hydrogen) atoms. The predicted molar refractivity (Wildman–Crippen MR) is 38.8 cm³/mol. The molecule has 0 aliphatic carbocycles. The Morgan fingerprint density at radius 2 is 2.56 bits per heavy atom. The van der Waals surface area contributed by atoms with Crippen molar-refractivity contribution in [3.05, 3.63) is 12.3 Å². The maximum absolute atomic E-state index is 3.14. The molecule has 1 aliphatic heterocycles. The second-order valence-corrected chi connectivity index (χ2v) is 2.33. The molecule has 0 amide bonds. The van der Waals surface area contributed by atoms with Gasteiger partial charge < -0.3 is 5.43 Å². The molecule has 2 heteroatoms. The van der Waals surface area contributed by atoms with Crippen LogP contribution in [0.2, 0.25) is 0 Å². The molecule has 1 aliphatic rings. The number of nitrogens with one attached hydrogen (secondary N) is 1. The molecule has 0 aromatic carbocycles. The summed E-state index contributed by atoms with van der Waals surface area (Å²) in [6.07, 6.45) is 6.69. The highest BCUT2D eigenvalue weighted by Crippen LogP contribution is 1.95. The summed E-state index contributed by atoms with van der Waals surface area (Å²) in [5, 5.41) is 2.21. The molecular formula is C7H14N2. The Morgan fingerprint density at radius 1 is 1.67 bits per heavy atom. The Labute approximate surface area is 56.5 Å². The van der Waals surface area contributed by atoms with Crippen molar-refractivity contribution in [2.24, 2.45) is 0 Å². The van der Waals surface area contributed by atoms with E-state index in [2.05, 4.69) is 23.4 Å². The molecule has 0 saturated carbocycles. The van der Waals surface area contributed by atoms with Gasteiger partial charge in [0.15, 0.2) is 0 Å². The van der Waals surface area contributed by atoms with Gasteiger partial charge in [0, 0.05) is 19.3 Å². The van der Waals surface area contributed by atoms with E-state index in [1.54, 1.807) is 0 Å². The van der Waals surface area contributed by atoms with Gasteiger partial charge in [-0.15, -0.1) is 0 Å². The molecule has 0 aromatic heterocycles. The topological polar surface area (TPSA) is 15.3 Å². The first-order chi connectivity index (χ1) is 4.43. The monoisotopic (exact) mass is 126 g/mol. The molecule has 0 saturated heterocycles. The quantitative estimate of drug-likeness (QED) is 0.609. The average molecular weight is 126 g/mol. The maximum Gasteiger partial charge on any atom is 0.0376 e. The number of unbranched alkanes of at least 4 members (excludes halogenated alkanes) is 1. The first kappa shape index (κ1) is 6.62. The third kappa shape index (κ3) is 2.06. The lowest BCUT2D eigenvalue weighted by Gasteiger charge is -2.14. The van der Waals surface area contributed by atoms with Gasteiger partial charge >= 0.3 is 0 Å². The largest absolute Gasteiger partial charge is 0.326 e. The van der Waals surface area contributed by atoms with E-state index < -0.39 is 0 Å². The molecule has 0 fully saturated rings. The Kier molecular flexibility index (Phi) is 2.58. The summed E-state index contributed by atoms with van der Waals surface area (Å²) >= 11 is 0. The van der Waals surface area contributed by atoms with Crippen LogP contribution in [0.4, 0.5) is 0 Å². The molecule has 0 aromatic rings. The Morgan fingerprint density at radius 3 is 3.11 bits per heavy atom. The first-order valence-corrected chi connectivity index (χ1v) is 3.59. The van der Waals surface area contributed by atoms with Crippen LogP contribution in [0, 0.1) is 0 Å². The van der Waals surface area contributed by atoms with Crippen molar-refractivity contribution < 1.29 is 0 Å². The van der Waals surface area contributed by atoms with Crippen molar-refractivity contribution in [1.82, 2.24) is 10.4 Å². The van der Waals surface area contributed by atoms with E-state index in [1.807, 2.05) is 6.20 Å². The molecule has 0 bridgehead atoms. The highest BCUT2D eigenvalue weighted by molar-refractivity contribution is 4.88. The number of nitrogens with zero attached hydrogens (tertiary/aromatic N) is 1. The summed E-state index contributed by atoms with van der Waals surface area (Å²) < 4.78 is 0. The Hall–Kier alpha value is -0.500. The van der Waals surface area contributed by atoms with E-state index in [4.69, 9.17) is 0 Å². The van der Waals surface area contributed by atoms with Gasteiger partial charge in [0.25, 0.3) is 0 Å². The van der Waals surface area contributed by atoms with Crippen LogP contribution in [0.3, 0.4) is 0 Å². The second kappa shape index (κ2) is 3.51. The van der Waals surface area contributed by atoms with Gasteiger partial charge in [-0.3, -0.25) is 0 Å². The standard InChI is InChI=1S/C7H14N2/c1-2-3-6-9-7-4-5-8-9/h4-5,8H,2-3,6-7H2,1H3. The first-order valence-electron chi connectivity index (χ1n) is 3.59. The van der Waals surface area contributed by atoms with Gasteiger partial charge in [0.05, 0.1) is 0 Å². The van der Waals surface area contributed by atoms with E-state index in [-0.39, 0.29) is 0 Å². The number of hydrogen-bond donors (Lipinski definition) is 1. The third-order valence-electron chi connectivity index (χ3n) is 1.48. The molecule has 1 rings (SSSR count). The van der Waals surface area contributed by atoms with Crippen LogP contribution < -0.4 is 5.43 Å². The van der Waals surface area contributed by atoms with Crippen LogP contribution in [0.1, 0.15) is 19.8 Å². The normalized spacial score (nSPS) is 18.3. The summed E-state index contributed by atoms with van der Waals surface area (Å²) in [6, 6.07) is 0. The molecule has 1 heterocycles. The highest BCUT2D eigenvalue weighted by atomic mass is 15.5. The molecule has 52 valence electrons. The van der Waals surface area contributed by atoms with Gasteiger partial charge in [-0.25, -0.2) is 5.01 Å². The van der Waals surface area contributed by atoms with Gasteiger partial charge in [-0.2, -0.15) is 0 Å². The Bertz CT molecular complexity index is 91.1. The molecule has 2 nitrogen and oxygen atoms in total. The number of hydrogen-bond acceptors (Lipinski definition) is 2. The lowest BCUT2D eigenvalue weighted by Crippen LogP contribution is -2.30. The SMILES string of the molecule is CCCCN1CC=CN1. The van der Waals surface area contributed by atoms with E-state index in [0.29, 0.717) is 0 Å². The summed E-state index contributed by atoms with van der Waals surface area (Å²) in [7, 11) is 0. The minimum Gasteiger partial charge on any atom is -0.326 e. The minimum absolute atomic E-state index is 1.07. The lowest BCUT2D eigenvalue weighted by atomic mass is 10.3.